The molecule has 1 aliphatic heterocycles. The highest BCUT2D eigenvalue weighted by atomic mass is 16.3. The molecular weight excluding hydrogens is 216 g/mol. The normalized spacial score (nSPS) is 22.5. The largest absolute Gasteiger partial charge is 0.396 e. The molecule has 4 nitrogen and oxygen atoms in total. The monoisotopic (exact) mass is 242 g/mol. The molecule has 17 heavy (non-hydrogen) atoms. The molecule has 1 atom stereocenters. The van der Waals surface area contributed by atoms with Crippen molar-refractivity contribution in [3.63, 3.8) is 0 Å². The highest BCUT2D eigenvalue weighted by molar-refractivity contribution is 5.75. The van der Waals surface area contributed by atoms with E-state index in [1.807, 2.05) is 0 Å². The summed E-state index contributed by atoms with van der Waals surface area (Å²) in [7, 11) is 2.16. The van der Waals surface area contributed by atoms with Gasteiger partial charge in [-0.2, -0.15) is 0 Å². The summed E-state index contributed by atoms with van der Waals surface area (Å²) in [5, 5.41) is 11.6. The second kappa shape index (κ2) is 6.36. The Morgan fingerprint density at radius 3 is 2.82 bits per heavy atom. The number of piperidine rings is 1. The van der Waals surface area contributed by atoms with Crippen LogP contribution < -0.4 is 5.32 Å². The van der Waals surface area contributed by atoms with Crippen molar-refractivity contribution >= 4 is 5.91 Å². The maximum atomic E-state index is 11.4. The maximum Gasteiger partial charge on any atom is 0.222 e. The van der Waals surface area contributed by atoms with Gasteiger partial charge in [-0.1, -0.05) is 13.8 Å². The number of nitrogens with one attached hydrogen (secondary N) is 1. The van der Waals surface area contributed by atoms with Crippen LogP contribution in [0.15, 0.2) is 0 Å². The number of rotatable bonds is 5. The number of carbonyl (C=O) groups is 1. The number of likely N-dealkylation sites (tertiary alicyclic amines) is 1. The first kappa shape index (κ1) is 14.5. The summed E-state index contributed by atoms with van der Waals surface area (Å²) in [6.45, 7) is 7.36. The van der Waals surface area contributed by atoms with Crippen LogP contribution >= 0.6 is 0 Å². The average molecular weight is 242 g/mol. The molecule has 100 valence electrons. The van der Waals surface area contributed by atoms with Crippen LogP contribution in [0.5, 0.6) is 0 Å². The van der Waals surface area contributed by atoms with E-state index in [1.165, 1.54) is 19.4 Å². The number of hydrogen-bond donors (Lipinski definition) is 2. The van der Waals surface area contributed by atoms with E-state index in [9.17, 15) is 4.79 Å². The highest BCUT2D eigenvalue weighted by Gasteiger charge is 2.32. The molecule has 0 aliphatic carbocycles. The molecule has 2 N–H and O–H groups in total. The fraction of sp³-hybridized carbons (Fsp3) is 0.923. The molecule has 4 heteroatoms. The van der Waals surface area contributed by atoms with Crippen LogP contribution in [0.3, 0.4) is 0 Å². The van der Waals surface area contributed by atoms with E-state index < -0.39 is 0 Å². The van der Waals surface area contributed by atoms with Gasteiger partial charge in [0, 0.05) is 19.5 Å². The van der Waals surface area contributed by atoms with Crippen LogP contribution in [-0.2, 0) is 4.79 Å². The van der Waals surface area contributed by atoms with Crippen molar-refractivity contribution in [1.29, 1.82) is 0 Å². The Hall–Kier alpha value is -0.610. The summed E-state index contributed by atoms with van der Waals surface area (Å²) in [5.41, 5.74) is 0.125. The second-order valence-corrected chi connectivity index (χ2v) is 5.84. The standard InChI is InChI=1S/C13H26N2O2/c1-13(2,10-14-12(17)6-8-16)11-5-4-7-15(3)9-11/h11,16H,4-10H2,1-3H3,(H,14,17). The molecule has 1 rings (SSSR count). The topological polar surface area (TPSA) is 52.6 Å². The average Bonchev–Trinajstić information content (AvgIpc) is 2.27. The molecule has 1 saturated heterocycles. The first-order valence-corrected chi connectivity index (χ1v) is 6.52. The molecule has 0 spiro atoms. The zero-order valence-electron chi connectivity index (χ0n) is 11.3. The zero-order chi connectivity index (χ0) is 12.9. The van der Waals surface area contributed by atoms with Crippen molar-refractivity contribution < 1.29 is 9.90 Å². The number of carbonyl (C=O) groups excluding carboxylic acids is 1. The number of nitrogens with zero attached hydrogens (tertiary/aromatic N) is 1. The first-order chi connectivity index (χ1) is 7.95. The van der Waals surface area contributed by atoms with Gasteiger partial charge < -0.3 is 15.3 Å². The van der Waals surface area contributed by atoms with Gasteiger partial charge in [-0.05, 0) is 37.8 Å². The summed E-state index contributed by atoms with van der Waals surface area (Å²) < 4.78 is 0. The smallest absolute Gasteiger partial charge is 0.222 e. The molecule has 1 aliphatic rings. The fourth-order valence-electron chi connectivity index (χ4n) is 2.46. The molecule has 0 aromatic heterocycles. The Kier molecular flexibility index (Phi) is 5.40. The van der Waals surface area contributed by atoms with Gasteiger partial charge in [-0.3, -0.25) is 4.79 Å². The molecular formula is C13H26N2O2. The second-order valence-electron chi connectivity index (χ2n) is 5.84. The third-order valence-corrected chi connectivity index (χ3v) is 3.81. The number of hydrogen-bond acceptors (Lipinski definition) is 3. The Morgan fingerprint density at radius 1 is 1.53 bits per heavy atom. The van der Waals surface area contributed by atoms with E-state index in [1.54, 1.807) is 0 Å². The fourth-order valence-corrected chi connectivity index (χ4v) is 2.46. The lowest BCUT2D eigenvalue weighted by molar-refractivity contribution is -0.122. The first-order valence-electron chi connectivity index (χ1n) is 6.52. The maximum absolute atomic E-state index is 11.4. The Morgan fingerprint density at radius 2 is 2.24 bits per heavy atom. The van der Waals surface area contributed by atoms with Crippen molar-refractivity contribution in [2.24, 2.45) is 11.3 Å². The van der Waals surface area contributed by atoms with Crippen LogP contribution in [0.1, 0.15) is 33.1 Å². The summed E-state index contributed by atoms with van der Waals surface area (Å²) >= 11 is 0. The molecule has 0 aromatic carbocycles. The molecule has 0 radical (unpaired) electrons. The van der Waals surface area contributed by atoms with Crippen LogP contribution in [0.2, 0.25) is 0 Å². The van der Waals surface area contributed by atoms with Gasteiger partial charge in [0.05, 0.1) is 6.61 Å². The Bertz CT molecular complexity index is 254. The van der Waals surface area contributed by atoms with Crippen LogP contribution in [-0.4, -0.2) is 49.2 Å². The quantitative estimate of drug-likeness (QED) is 0.751. The molecule has 0 bridgehead atoms. The van der Waals surface area contributed by atoms with Gasteiger partial charge in [-0.15, -0.1) is 0 Å². The van der Waals surface area contributed by atoms with Gasteiger partial charge in [-0.25, -0.2) is 0 Å². The van der Waals surface area contributed by atoms with Crippen molar-refractivity contribution in [2.45, 2.75) is 33.1 Å². The molecule has 1 fully saturated rings. The summed E-state index contributed by atoms with van der Waals surface area (Å²) in [5.74, 6) is 0.584. The van der Waals surface area contributed by atoms with Gasteiger partial charge in [0.1, 0.15) is 0 Å². The van der Waals surface area contributed by atoms with E-state index in [4.69, 9.17) is 5.11 Å². The predicted molar refractivity (Wildman–Crippen MR) is 68.7 cm³/mol. The number of aliphatic hydroxyl groups is 1. The molecule has 1 heterocycles. The Labute approximate surface area is 104 Å². The highest BCUT2D eigenvalue weighted by Crippen LogP contribution is 2.32. The van der Waals surface area contributed by atoms with E-state index in [0.717, 1.165) is 6.54 Å². The van der Waals surface area contributed by atoms with E-state index in [2.05, 4.69) is 31.1 Å². The van der Waals surface area contributed by atoms with Gasteiger partial charge in [0.2, 0.25) is 5.91 Å². The molecule has 1 unspecified atom stereocenters. The minimum Gasteiger partial charge on any atom is -0.396 e. The van der Waals surface area contributed by atoms with Crippen molar-refractivity contribution in [3.05, 3.63) is 0 Å². The lowest BCUT2D eigenvalue weighted by atomic mass is 9.74. The minimum absolute atomic E-state index is 0.0512. The van der Waals surface area contributed by atoms with E-state index in [0.29, 0.717) is 12.5 Å². The van der Waals surface area contributed by atoms with Crippen molar-refractivity contribution in [3.8, 4) is 0 Å². The summed E-state index contributed by atoms with van der Waals surface area (Å²) in [6, 6.07) is 0. The molecule has 0 saturated carbocycles. The third kappa shape index (κ3) is 4.64. The number of aliphatic hydroxyl groups excluding tert-OH is 1. The van der Waals surface area contributed by atoms with Crippen LogP contribution in [0, 0.1) is 11.3 Å². The minimum atomic E-state index is -0.0710. The Balaban J connectivity index is 2.41. The SMILES string of the molecule is CN1CCCC(C(C)(C)CNC(=O)CCO)C1. The predicted octanol–water partition coefficient (Wildman–Crippen LogP) is 0.853. The third-order valence-electron chi connectivity index (χ3n) is 3.81. The van der Waals surface area contributed by atoms with Crippen molar-refractivity contribution in [2.75, 3.05) is 33.3 Å². The number of amides is 1. The summed E-state index contributed by atoms with van der Waals surface area (Å²) in [6.07, 6.45) is 2.70. The van der Waals surface area contributed by atoms with Crippen LogP contribution in [0.4, 0.5) is 0 Å². The van der Waals surface area contributed by atoms with Gasteiger partial charge in [0.15, 0.2) is 0 Å². The van der Waals surface area contributed by atoms with E-state index in [-0.39, 0.29) is 24.3 Å². The zero-order valence-corrected chi connectivity index (χ0v) is 11.3. The van der Waals surface area contributed by atoms with E-state index >= 15 is 0 Å². The lowest BCUT2D eigenvalue weighted by Crippen LogP contribution is -2.45. The summed E-state index contributed by atoms with van der Waals surface area (Å²) in [4.78, 5) is 13.7. The van der Waals surface area contributed by atoms with Crippen LogP contribution in [0.25, 0.3) is 0 Å². The molecule has 1 amide bonds. The van der Waals surface area contributed by atoms with Gasteiger partial charge in [0.25, 0.3) is 0 Å². The molecule has 0 aromatic rings. The lowest BCUT2D eigenvalue weighted by Gasteiger charge is -2.40. The van der Waals surface area contributed by atoms with Crippen molar-refractivity contribution in [1.82, 2.24) is 10.2 Å². The van der Waals surface area contributed by atoms with Gasteiger partial charge >= 0.3 is 0 Å².